The third-order valence-corrected chi connectivity index (χ3v) is 5.42. The first kappa shape index (κ1) is 16.5. The number of methoxy groups -OCH3 is 1. The van der Waals surface area contributed by atoms with E-state index in [1.165, 1.54) is 25.0 Å². The molecule has 1 aromatic heterocycles. The summed E-state index contributed by atoms with van der Waals surface area (Å²) >= 11 is 0. The van der Waals surface area contributed by atoms with E-state index in [1.54, 1.807) is 7.11 Å². The van der Waals surface area contributed by atoms with Gasteiger partial charge in [0.1, 0.15) is 5.82 Å². The van der Waals surface area contributed by atoms with E-state index in [0.29, 0.717) is 18.4 Å². The van der Waals surface area contributed by atoms with Crippen LogP contribution in [0.1, 0.15) is 56.0 Å². The highest BCUT2D eigenvalue weighted by molar-refractivity contribution is 5.79. The summed E-state index contributed by atoms with van der Waals surface area (Å²) in [6.45, 7) is 5.34. The van der Waals surface area contributed by atoms with Crippen molar-refractivity contribution in [3.63, 3.8) is 0 Å². The fourth-order valence-electron chi connectivity index (χ4n) is 4.06. The molecule has 3 rings (SSSR count). The number of rotatable bonds is 5. The second kappa shape index (κ2) is 7.47. The Kier molecular flexibility index (Phi) is 5.36. The topological polar surface area (TPSA) is 47.4 Å². The van der Waals surface area contributed by atoms with Crippen LogP contribution in [0.3, 0.4) is 0 Å². The van der Waals surface area contributed by atoms with Gasteiger partial charge in [-0.15, -0.1) is 0 Å². The number of ether oxygens (including phenoxy) is 1. The van der Waals surface area contributed by atoms with Gasteiger partial charge in [-0.05, 0) is 26.2 Å². The molecule has 1 atom stereocenters. The van der Waals surface area contributed by atoms with E-state index in [1.807, 2.05) is 6.20 Å². The van der Waals surface area contributed by atoms with Gasteiger partial charge in [-0.2, -0.15) is 0 Å². The van der Waals surface area contributed by atoms with E-state index in [0.717, 1.165) is 44.7 Å². The normalized spacial score (nSPS) is 22.7. The van der Waals surface area contributed by atoms with Crippen molar-refractivity contribution in [2.45, 2.75) is 57.9 Å². The van der Waals surface area contributed by atoms with Crippen molar-refractivity contribution in [2.24, 2.45) is 5.92 Å². The smallest absolute Gasteiger partial charge is 0.225 e. The third-order valence-electron chi connectivity index (χ3n) is 5.42. The van der Waals surface area contributed by atoms with E-state index in [9.17, 15) is 4.79 Å². The van der Waals surface area contributed by atoms with Gasteiger partial charge in [-0.1, -0.05) is 19.3 Å². The van der Waals surface area contributed by atoms with Gasteiger partial charge in [0.25, 0.3) is 0 Å². The summed E-state index contributed by atoms with van der Waals surface area (Å²) in [5, 5.41) is 0. The zero-order chi connectivity index (χ0) is 16.2. The Morgan fingerprint density at radius 1 is 1.30 bits per heavy atom. The lowest BCUT2D eigenvalue weighted by Crippen LogP contribution is -2.35. The zero-order valence-electron chi connectivity index (χ0n) is 14.5. The number of nitrogens with zero attached hydrogens (tertiary/aromatic N) is 3. The number of aromatic nitrogens is 2. The molecule has 1 aliphatic heterocycles. The summed E-state index contributed by atoms with van der Waals surface area (Å²) in [6.07, 6.45) is 8.87. The number of carbonyl (C=O) groups is 1. The molecule has 1 aliphatic carbocycles. The lowest BCUT2D eigenvalue weighted by atomic mass is 9.88. The number of aryl methyl sites for hydroxylation is 1. The molecule has 128 valence electrons. The standard InChI is InChI=1S/C18H29N3O2/c1-14-12-19-17(21(14)10-11-23-2)16-8-9-20(13-16)18(22)15-6-4-3-5-7-15/h12,15-16H,3-11,13H2,1-2H3. The second-order valence-corrected chi connectivity index (χ2v) is 7.01. The Morgan fingerprint density at radius 3 is 2.83 bits per heavy atom. The second-order valence-electron chi connectivity index (χ2n) is 7.01. The van der Waals surface area contributed by atoms with Crippen molar-refractivity contribution in [1.29, 1.82) is 0 Å². The minimum absolute atomic E-state index is 0.275. The van der Waals surface area contributed by atoms with E-state index >= 15 is 0 Å². The Hall–Kier alpha value is -1.36. The molecule has 1 aromatic rings. The monoisotopic (exact) mass is 319 g/mol. The highest BCUT2D eigenvalue weighted by Crippen LogP contribution is 2.31. The maximum Gasteiger partial charge on any atom is 0.225 e. The largest absolute Gasteiger partial charge is 0.383 e. The van der Waals surface area contributed by atoms with Crippen molar-refractivity contribution < 1.29 is 9.53 Å². The molecule has 1 saturated heterocycles. The van der Waals surface area contributed by atoms with Gasteiger partial charge in [0, 0.05) is 50.5 Å². The molecular formula is C18H29N3O2. The first-order valence-electron chi connectivity index (χ1n) is 9.00. The fourth-order valence-corrected chi connectivity index (χ4v) is 4.06. The van der Waals surface area contributed by atoms with Crippen LogP contribution in [0.25, 0.3) is 0 Å². The number of amides is 1. The van der Waals surface area contributed by atoms with Crippen molar-refractivity contribution >= 4 is 5.91 Å². The summed E-state index contributed by atoms with van der Waals surface area (Å²) in [5.74, 6) is 2.16. The molecule has 0 spiro atoms. The summed E-state index contributed by atoms with van der Waals surface area (Å²) in [5.41, 5.74) is 1.18. The van der Waals surface area contributed by atoms with Crippen LogP contribution in [0.2, 0.25) is 0 Å². The number of carbonyl (C=O) groups excluding carboxylic acids is 1. The average Bonchev–Trinajstić information content (AvgIpc) is 3.20. The molecule has 5 heteroatoms. The number of likely N-dealkylation sites (tertiary alicyclic amines) is 1. The third kappa shape index (κ3) is 3.60. The van der Waals surface area contributed by atoms with Crippen LogP contribution in [-0.2, 0) is 16.1 Å². The van der Waals surface area contributed by atoms with Crippen LogP contribution < -0.4 is 0 Å². The molecule has 2 heterocycles. The number of hydrogen-bond acceptors (Lipinski definition) is 3. The SMILES string of the molecule is COCCn1c(C)cnc1C1CCN(C(=O)C2CCCCC2)C1. The van der Waals surface area contributed by atoms with Crippen molar-refractivity contribution in [2.75, 3.05) is 26.8 Å². The first-order chi connectivity index (χ1) is 11.2. The predicted octanol–water partition coefficient (Wildman–Crippen LogP) is 2.73. The maximum atomic E-state index is 12.7. The van der Waals surface area contributed by atoms with Crippen LogP contribution in [0.15, 0.2) is 6.20 Å². The van der Waals surface area contributed by atoms with Crippen LogP contribution in [0.4, 0.5) is 0 Å². The highest BCUT2D eigenvalue weighted by atomic mass is 16.5. The van der Waals surface area contributed by atoms with E-state index in [-0.39, 0.29) is 5.92 Å². The molecule has 2 fully saturated rings. The zero-order valence-corrected chi connectivity index (χ0v) is 14.5. The van der Waals surface area contributed by atoms with Crippen molar-refractivity contribution in [1.82, 2.24) is 14.5 Å². The van der Waals surface area contributed by atoms with E-state index < -0.39 is 0 Å². The molecule has 0 aromatic carbocycles. The Labute approximate surface area is 139 Å². The number of hydrogen-bond donors (Lipinski definition) is 0. The van der Waals surface area contributed by atoms with Crippen molar-refractivity contribution in [3.8, 4) is 0 Å². The van der Waals surface area contributed by atoms with Crippen LogP contribution in [0, 0.1) is 12.8 Å². The Morgan fingerprint density at radius 2 is 2.09 bits per heavy atom. The summed E-state index contributed by atoms with van der Waals surface area (Å²) < 4.78 is 7.47. The average molecular weight is 319 g/mol. The van der Waals surface area contributed by atoms with Gasteiger partial charge in [0.15, 0.2) is 0 Å². The van der Waals surface area contributed by atoms with Crippen LogP contribution in [-0.4, -0.2) is 47.2 Å². The summed E-state index contributed by atoms with van der Waals surface area (Å²) in [4.78, 5) is 19.4. The molecule has 1 amide bonds. The molecule has 23 heavy (non-hydrogen) atoms. The number of imidazole rings is 1. The molecule has 2 aliphatic rings. The van der Waals surface area contributed by atoms with Gasteiger partial charge in [-0.25, -0.2) is 4.98 Å². The predicted molar refractivity (Wildman–Crippen MR) is 89.4 cm³/mol. The molecule has 0 bridgehead atoms. The van der Waals surface area contributed by atoms with Gasteiger partial charge >= 0.3 is 0 Å². The lowest BCUT2D eigenvalue weighted by molar-refractivity contribution is -0.135. The Balaban J connectivity index is 1.64. The Bertz CT molecular complexity index is 534. The first-order valence-corrected chi connectivity index (χ1v) is 9.00. The van der Waals surface area contributed by atoms with Crippen LogP contribution >= 0.6 is 0 Å². The van der Waals surface area contributed by atoms with Gasteiger partial charge < -0.3 is 14.2 Å². The molecule has 1 saturated carbocycles. The van der Waals surface area contributed by atoms with Crippen molar-refractivity contribution in [3.05, 3.63) is 17.7 Å². The van der Waals surface area contributed by atoms with Gasteiger partial charge in [0.05, 0.1) is 6.61 Å². The quantitative estimate of drug-likeness (QED) is 0.838. The molecular weight excluding hydrogens is 290 g/mol. The lowest BCUT2D eigenvalue weighted by Gasteiger charge is -2.26. The fraction of sp³-hybridized carbons (Fsp3) is 0.778. The van der Waals surface area contributed by atoms with Gasteiger partial charge in [-0.3, -0.25) is 4.79 Å². The molecule has 1 unspecified atom stereocenters. The minimum Gasteiger partial charge on any atom is -0.383 e. The van der Waals surface area contributed by atoms with Crippen LogP contribution in [0.5, 0.6) is 0 Å². The van der Waals surface area contributed by atoms with E-state index in [4.69, 9.17) is 4.74 Å². The van der Waals surface area contributed by atoms with Gasteiger partial charge in [0.2, 0.25) is 5.91 Å². The van der Waals surface area contributed by atoms with E-state index in [2.05, 4.69) is 21.4 Å². The molecule has 0 N–H and O–H groups in total. The highest BCUT2D eigenvalue weighted by Gasteiger charge is 2.33. The maximum absolute atomic E-state index is 12.7. The summed E-state index contributed by atoms with van der Waals surface area (Å²) in [6, 6.07) is 0. The molecule has 5 nitrogen and oxygen atoms in total. The molecule has 0 radical (unpaired) electrons. The minimum atomic E-state index is 0.275. The summed E-state index contributed by atoms with van der Waals surface area (Å²) in [7, 11) is 1.73.